The van der Waals surface area contributed by atoms with Crippen molar-refractivity contribution in [3.05, 3.63) is 39.8 Å². The summed E-state index contributed by atoms with van der Waals surface area (Å²) >= 11 is 1.79. The Morgan fingerprint density at radius 2 is 2.27 bits per heavy atom. The molecule has 0 aliphatic carbocycles. The molecule has 0 saturated carbocycles. The smallest absolute Gasteiger partial charge is 0.224 e. The van der Waals surface area contributed by atoms with Crippen molar-refractivity contribution < 1.29 is 9.53 Å². The van der Waals surface area contributed by atoms with Crippen LogP contribution in [0.25, 0.3) is 0 Å². The molecule has 1 N–H and O–H groups in total. The van der Waals surface area contributed by atoms with Crippen LogP contribution in [-0.2, 0) is 29.5 Å². The standard InChI is InChI=1S/C20H28N6O2S.HI/c1-21-20(26-8-9-28-17(14-26)16-11-23-24(2)12-16)22-6-3-19(27)25-7-4-18-15(13-25)5-10-29-18;/h5,10-12,17H,3-4,6-9,13-14H2,1-2H3,(H,21,22);1H. The van der Waals surface area contributed by atoms with Gasteiger partial charge in [0, 0.05) is 63.3 Å². The van der Waals surface area contributed by atoms with Gasteiger partial charge in [0.2, 0.25) is 5.91 Å². The highest BCUT2D eigenvalue weighted by molar-refractivity contribution is 14.0. The summed E-state index contributed by atoms with van der Waals surface area (Å²) in [5.41, 5.74) is 2.37. The molecular formula is C20H29IN6O2S. The number of hydrogen-bond donors (Lipinski definition) is 1. The maximum atomic E-state index is 12.6. The summed E-state index contributed by atoms with van der Waals surface area (Å²) in [5.74, 6) is 1.01. The average Bonchev–Trinajstić information content (AvgIpc) is 3.39. The first-order chi connectivity index (χ1) is 14.1. The molecule has 4 rings (SSSR count). The molecule has 164 valence electrons. The molecule has 1 unspecified atom stereocenters. The summed E-state index contributed by atoms with van der Waals surface area (Å²) < 4.78 is 7.70. The molecule has 1 fully saturated rings. The van der Waals surface area contributed by atoms with Gasteiger partial charge >= 0.3 is 0 Å². The highest BCUT2D eigenvalue weighted by atomic mass is 127. The van der Waals surface area contributed by atoms with E-state index < -0.39 is 0 Å². The van der Waals surface area contributed by atoms with Gasteiger partial charge in [0.25, 0.3) is 0 Å². The van der Waals surface area contributed by atoms with Gasteiger partial charge in [-0.15, -0.1) is 35.3 Å². The van der Waals surface area contributed by atoms with E-state index >= 15 is 0 Å². The lowest BCUT2D eigenvalue weighted by molar-refractivity contribution is -0.131. The molecule has 2 aliphatic rings. The Hall–Kier alpha value is -1.66. The number of morpholine rings is 1. The van der Waals surface area contributed by atoms with Crippen LogP contribution in [0.15, 0.2) is 28.8 Å². The van der Waals surface area contributed by atoms with Crippen LogP contribution in [0.3, 0.4) is 0 Å². The molecule has 0 bridgehead atoms. The topological polar surface area (TPSA) is 75.0 Å². The van der Waals surface area contributed by atoms with Crippen LogP contribution in [0.4, 0.5) is 0 Å². The fraction of sp³-hybridized carbons (Fsp3) is 0.550. The molecule has 0 aromatic carbocycles. The van der Waals surface area contributed by atoms with E-state index in [0.717, 1.165) is 37.6 Å². The van der Waals surface area contributed by atoms with Gasteiger partial charge < -0.3 is 19.9 Å². The Kier molecular flexibility index (Phi) is 8.12. The van der Waals surface area contributed by atoms with Gasteiger partial charge in [-0.25, -0.2) is 0 Å². The van der Waals surface area contributed by atoms with Crippen molar-refractivity contribution >= 4 is 47.2 Å². The van der Waals surface area contributed by atoms with Gasteiger partial charge in [0.05, 0.1) is 19.3 Å². The van der Waals surface area contributed by atoms with Crippen molar-refractivity contribution in [3.8, 4) is 0 Å². The van der Waals surface area contributed by atoms with Gasteiger partial charge in [-0.2, -0.15) is 5.10 Å². The lowest BCUT2D eigenvalue weighted by Crippen LogP contribution is -2.48. The summed E-state index contributed by atoms with van der Waals surface area (Å²) in [4.78, 5) is 22.6. The van der Waals surface area contributed by atoms with Gasteiger partial charge in [0.15, 0.2) is 5.96 Å². The first-order valence-corrected chi connectivity index (χ1v) is 10.9. The summed E-state index contributed by atoms with van der Waals surface area (Å²) in [6.07, 6.45) is 5.25. The van der Waals surface area contributed by atoms with Crippen LogP contribution < -0.4 is 5.32 Å². The molecule has 0 spiro atoms. The summed E-state index contributed by atoms with van der Waals surface area (Å²) in [6, 6.07) is 2.14. The summed E-state index contributed by atoms with van der Waals surface area (Å²) in [6.45, 7) is 4.26. The zero-order chi connectivity index (χ0) is 20.2. The number of amides is 1. The number of fused-ring (bicyclic) bond motifs is 1. The Bertz CT molecular complexity index is 882. The van der Waals surface area contributed by atoms with E-state index in [-0.39, 0.29) is 36.0 Å². The van der Waals surface area contributed by atoms with E-state index in [1.807, 2.05) is 24.3 Å². The predicted molar refractivity (Wildman–Crippen MR) is 128 cm³/mol. The van der Waals surface area contributed by atoms with Crippen LogP contribution in [-0.4, -0.2) is 71.3 Å². The number of ether oxygens (including phenoxy) is 1. The minimum absolute atomic E-state index is 0. The van der Waals surface area contributed by atoms with E-state index in [4.69, 9.17) is 4.74 Å². The van der Waals surface area contributed by atoms with Crippen LogP contribution in [0.1, 0.15) is 28.5 Å². The van der Waals surface area contributed by atoms with E-state index in [9.17, 15) is 4.79 Å². The molecule has 0 radical (unpaired) electrons. The lowest BCUT2D eigenvalue weighted by Gasteiger charge is -2.35. The number of carbonyl (C=O) groups excluding carboxylic acids is 1. The maximum absolute atomic E-state index is 12.6. The van der Waals surface area contributed by atoms with Crippen molar-refractivity contribution in [1.82, 2.24) is 24.9 Å². The van der Waals surface area contributed by atoms with Crippen molar-refractivity contribution in [3.63, 3.8) is 0 Å². The SMILES string of the molecule is CN=C(NCCC(=O)N1CCc2sccc2C1)N1CCOC(c2cnn(C)c2)C1.I. The fourth-order valence-electron chi connectivity index (χ4n) is 3.88. The molecule has 8 nitrogen and oxygen atoms in total. The van der Waals surface area contributed by atoms with Crippen LogP contribution >= 0.6 is 35.3 Å². The second-order valence-corrected chi connectivity index (χ2v) is 8.41. The highest BCUT2D eigenvalue weighted by Crippen LogP contribution is 2.24. The number of aliphatic imine (C=N–C) groups is 1. The van der Waals surface area contributed by atoms with E-state index in [2.05, 4.69) is 31.8 Å². The number of nitrogens with zero attached hydrogens (tertiary/aromatic N) is 5. The third-order valence-corrected chi connectivity index (χ3v) is 6.48. The first-order valence-electron chi connectivity index (χ1n) is 10.0. The zero-order valence-electron chi connectivity index (χ0n) is 17.4. The monoisotopic (exact) mass is 544 g/mol. The second-order valence-electron chi connectivity index (χ2n) is 7.41. The number of thiophene rings is 1. The maximum Gasteiger partial charge on any atom is 0.224 e. The van der Waals surface area contributed by atoms with Crippen LogP contribution in [0, 0.1) is 0 Å². The molecule has 1 amide bonds. The van der Waals surface area contributed by atoms with Gasteiger partial charge in [-0.05, 0) is 23.4 Å². The fourth-order valence-corrected chi connectivity index (χ4v) is 4.77. The Morgan fingerprint density at radius 3 is 3.03 bits per heavy atom. The van der Waals surface area contributed by atoms with Gasteiger partial charge in [0.1, 0.15) is 6.10 Å². The Morgan fingerprint density at radius 1 is 1.40 bits per heavy atom. The number of hydrogen-bond acceptors (Lipinski definition) is 5. The number of carbonyl (C=O) groups is 1. The third-order valence-electron chi connectivity index (χ3n) is 5.46. The number of rotatable bonds is 4. The largest absolute Gasteiger partial charge is 0.370 e. The minimum Gasteiger partial charge on any atom is -0.370 e. The number of halogens is 1. The third kappa shape index (κ3) is 5.33. The normalized spacial score (nSPS) is 19.3. The summed E-state index contributed by atoms with van der Waals surface area (Å²) in [5, 5.41) is 9.71. The number of aromatic nitrogens is 2. The molecule has 2 aliphatic heterocycles. The number of aryl methyl sites for hydroxylation is 1. The quantitative estimate of drug-likeness (QED) is 0.363. The van der Waals surface area contributed by atoms with Gasteiger partial charge in [-0.3, -0.25) is 14.5 Å². The zero-order valence-corrected chi connectivity index (χ0v) is 20.6. The molecular weight excluding hydrogens is 515 g/mol. The van der Waals surface area contributed by atoms with Crippen LogP contribution in [0.5, 0.6) is 0 Å². The predicted octanol–water partition coefficient (Wildman–Crippen LogP) is 2.02. The second kappa shape index (κ2) is 10.6. The molecule has 2 aromatic rings. The highest BCUT2D eigenvalue weighted by Gasteiger charge is 2.25. The molecule has 1 saturated heterocycles. The molecule has 30 heavy (non-hydrogen) atoms. The molecule has 1 atom stereocenters. The van der Waals surface area contributed by atoms with Gasteiger partial charge in [-0.1, -0.05) is 0 Å². The van der Waals surface area contributed by atoms with Crippen molar-refractivity contribution in [2.75, 3.05) is 39.8 Å². The molecule has 10 heteroatoms. The minimum atomic E-state index is -0.0224. The number of guanidine groups is 1. The molecule has 2 aromatic heterocycles. The van der Waals surface area contributed by atoms with E-state index in [1.165, 1.54) is 10.4 Å². The molecule has 4 heterocycles. The van der Waals surface area contributed by atoms with E-state index in [1.54, 1.807) is 23.1 Å². The number of nitrogens with one attached hydrogen (secondary N) is 1. The Balaban J connectivity index is 0.00000256. The lowest BCUT2D eigenvalue weighted by atomic mass is 10.1. The van der Waals surface area contributed by atoms with Crippen molar-refractivity contribution in [2.45, 2.75) is 25.5 Å². The first kappa shape index (κ1) is 23.0. The summed E-state index contributed by atoms with van der Waals surface area (Å²) in [7, 11) is 3.69. The van der Waals surface area contributed by atoms with Crippen LogP contribution in [0.2, 0.25) is 0 Å². The van der Waals surface area contributed by atoms with Crippen molar-refractivity contribution in [1.29, 1.82) is 0 Å². The van der Waals surface area contributed by atoms with Crippen molar-refractivity contribution in [2.24, 2.45) is 12.0 Å². The van der Waals surface area contributed by atoms with E-state index in [0.29, 0.717) is 26.1 Å². The average molecular weight is 544 g/mol. The Labute approximate surface area is 198 Å².